The lowest BCUT2D eigenvalue weighted by atomic mass is 10.2. The highest BCUT2D eigenvalue weighted by Crippen LogP contribution is 2.31. The summed E-state index contributed by atoms with van der Waals surface area (Å²) in [7, 11) is 0. The summed E-state index contributed by atoms with van der Waals surface area (Å²) in [5.74, 6) is 1.70. The molecule has 1 unspecified atom stereocenters. The number of hydrogen-bond acceptors (Lipinski definition) is 3. The zero-order valence-corrected chi connectivity index (χ0v) is 13.7. The van der Waals surface area contributed by atoms with Crippen molar-refractivity contribution >= 4 is 27.7 Å². The van der Waals surface area contributed by atoms with Crippen LogP contribution in [0.4, 0.5) is 5.82 Å². The molecule has 4 nitrogen and oxygen atoms in total. The number of pyridine rings is 1. The van der Waals surface area contributed by atoms with Gasteiger partial charge in [-0.2, -0.15) is 0 Å². The van der Waals surface area contributed by atoms with Gasteiger partial charge in [0.15, 0.2) is 11.6 Å². The fourth-order valence-electron chi connectivity index (χ4n) is 2.52. The van der Waals surface area contributed by atoms with Gasteiger partial charge in [-0.3, -0.25) is 9.69 Å². The van der Waals surface area contributed by atoms with Gasteiger partial charge in [-0.15, -0.1) is 0 Å². The van der Waals surface area contributed by atoms with Gasteiger partial charge < -0.3 is 4.74 Å². The van der Waals surface area contributed by atoms with E-state index in [2.05, 4.69) is 20.9 Å². The number of benzene rings is 1. The SMILES string of the molecule is O=C1CC(CBr)CN1c1ncccc1OCc1ccccc1. The van der Waals surface area contributed by atoms with Gasteiger partial charge >= 0.3 is 0 Å². The van der Waals surface area contributed by atoms with Crippen LogP contribution in [0.25, 0.3) is 0 Å². The van der Waals surface area contributed by atoms with E-state index < -0.39 is 0 Å². The first-order valence-electron chi connectivity index (χ1n) is 7.26. The van der Waals surface area contributed by atoms with Crippen molar-refractivity contribution in [3.05, 3.63) is 54.2 Å². The van der Waals surface area contributed by atoms with E-state index in [9.17, 15) is 4.79 Å². The summed E-state index contributed by atoms with van der Waals surface area (Å²) >= 11 is 3.45. The van der Waals surface area contributed by atoms with Crippen LogP contribution in [0.2, 0.25) is 0 Å². The molecule has 0 aliphatic carbocycles. The van der Waals surface area contributed by atoms with E-state index in [4.69, 9.17) is 4.74 Å². The Labute approximate surface area is 138 Å². The maximum Gasteiger partial charge on any atom is 0.228 e. The summed E-state index contributed by atoms with van der Waals surface area (Å²) in [4.78, 5) is 18.3. The van der Waals surface area contributed by atoms with E-state index in [0.717, 1.165) is 10.9 Å². The van der Waals surface area contributed by atoms with Crippen LogP contribution in [0.1, 0.15) is 12.0 Å². The summed E-state index contributed by atoms with van der Waals surface area (Å²) in [6, 6.07) is 13.6. The second-order valence-electron chi connectivity index (χ2n) is 5.33. The number of amides is 1. The Morgan fingerprint density at radius 1 is 1.23 bits per heavy atom. The van der Waals surface area contributed by atoms with Crippen LogP contribution < -0.4 is 9.64 Å². The number of nitrogens with zero attached hydrogens (tertiary/aromatic N) is 2. The molecular formula is C17H17BrN2O2. The highest BCUT2D eigenvalue weighted by molar-refractivity contribution is 9.09. The van der Waals surface area contributed by atoms with Crippen molar-refractivity contribution in [1.82, 2.24) is 4.98 Å². The Hall–Kier alpha value is -1.88. The molecule has 2 heterocycles. The fraction of sp³-hybridized carbons (Fsp3) is 0.294. The maximum absolute atomic E-state index is 12.2. The Balaban J connectivity index is 1.77. The third kappa shape index (κ3) is 3.30. The highest BCUT2D eigenvalue weighted by Gasteiger charge is 2.32. The van der Waals surface area contributed by atoms with E-state index in [1.807, 2.05) is 42.5 Å². The summed E-state index contributed by atoms with van der Waals surface area (Å²) in [5, 5.41) is 0.822. The van der Waals surface area contributed by atoms with Gasteiger partial charge in [0.2, 0.25) is 5.91 Å². The monoisotopic (exact) mass is 360 g/mol. The predicted octanol–water partition coefficient (Wildman–Crippen LogP) is 3.41. The number of hydrogen-bond donors (Lipinski definition) is 0. The second-order valence-corrected chi connectivity index (χ2v) is 5.98. The number of halogens is 1. The van der Waals surface area contributed by atoms with Crippen molar-refractivity contribution in [2.45, 2.75) is 13.0 Å². The standard InChI is InChI=1S/C17H17BrN2O2/c18-10-14-9-16(21)20(11-14)17-15(7-4-8-19-17)22-12-13-5-2-1-3-6-13/h1-8,14H,9-12H2. The molecule has 1 amide bonds. The van der Waals surface area contributed by atoms with Crippen LogP contribution in [-0.2, 0) is 11.4 Å². The third-order valence-corrected chi connectivity index (χ3v) is 4.58. The molecule has 0 bridgehead atoms. The number of rotatable bonds is 5. The molecule has 1 atom stereocenters. The number of carbonyl (C=O) groups is 1. The van der Waals surface area contributed by atoms with E-state index in [0.29, 0.717) is 37.1 Å². The lowest BCUT2D eigenvalue weighted by molar-refractivity contribution is -0.117. The van der Waals surface area contributed by atoms with E-state index in [1.54, 1.807) is 11.1 Å². The Bertz CT molecular complexity index is 648. The van der Waals surface area contributed by atoms with Crippen LogP contribution in [0.15, 0.2) is 48.7 Å². The first-order valence-corrected chi connectivity index (χ1v) is 8.38. The molecule has 1 saturated heterocycles. The van der Waals surface area contributed by atoms with Crippen molar-refractivity contribution < 1.29 is 9.53 Å². The fourth-order valence-corrected chi connectivity index (χ4v) is 2.96. The van der Waals surface area contributed by atoms with Crippen molar-refractivity contribution in [2.24, 2.45) is 5.92 Å². The van der Waals surface area contributed by atoms with Crippen LogP contribution in [-0.4, -0.2) is 22.8 Å². The van der Waals surface area contributed by atoms with Crippen molar-refractivity contribution in [1.29, 1.82) is 0 Å². The van der Waals surface area contributed by atoms with Crippen LogP contribution in [0.5, 0.6) is 5.75 Å². The summed E-state index contributed by atoms with van der Waals surface area (Å²) in [6.45, 7) is 1.15. The minimum absolute atomic E-state index is 0.104. The number of alkyl halides is 1. The van der Waals surface area contributed by atoms with Crippen molar-refractivity contribution in [3.63, 3.8) is 0 Å². The third-order valence-electron chi connectivity index (χ3n) is 3.67. The number of carbonyl (C=O) groups excluding carboxylic acids is 1. The number of aromatic nitrogens is 1. The van der Waals surface area contributed by atoms with E-state index >= 15 is 0 Å². The highest BCUT2D eigenvalue weighted by atomic mass is 79.9. The first kappa shape index (κ1) is 15.0. The maximum atomic E-state index is 12.2. The molecule has 2 aromatic rings. The van der Waals surface area contributed by atoms with Gasteiger partial charge in [0, 0.05) is 24.5 Å². The zero-order chi connectivity index (χ0) is 15.4. The van der Waals surface area contributed by atoms with Gasteiger partial charge in [0.1, 0.15) is 6.61 Å². The van der Waals surface area contributed by atoms with Crippen molar-refractivity contribution in [3.8, 4) is 5.75 Å². The molecule has 1 aromatic heterocycles. The number of ether oxygens (including phenoxy) is 1. The molecule has 0 N–H and O–H groups in total. The van der Waals surface area contributed by atoms with Gasteiger partial charge in [0.25, 0.3) is 0 Å². The molecular weight excluding hydrogens is 344 g/mol. The van der Waals surface area contributed by atoms with Gasteiger partial charge in [-0.05, 0) is 23.6 Å². The van der Waals surface area contributed by atoms with E-state index in [-0.39, 0.29) is 5.91 Å². The zero-order valence-electron chi connectivity index (χ0n) is 12.1. The molecule has 22 heavy (non-hydrogen) atoms. The quantitative estimate of drug-likeness (QED) is 0.767. The summed E-state index contributed by atoms with van der Waals surface area (Å²) < 4.78 is 5.88. The Morgan fingerprint density at radius 2 is 2.05 bits per heavy atom. The summed E-state index contributed by atoms with van der Waals surface area (Å²) in [5.41, 5.74) is 1.09. The lowest BCUT2D eigenvalue weighted by Gasteiger charge is -2.19. The smallest absolute Gasteiger partial charge is 0.228 e. The average molecular weight is 361 g/mol. The largest absolute Gasteiger partial charge is 0.485 e. The molecule has 114 valence electrons. The van der Waals surface area contributed by atoms with Crippen LogP contribution in [0.3, 0.4) is 0 Å². The molecule has 1 aromatic carbocycles. The van der Waals surface area contributed by atoms with Crippen LogP contribution in [0, 0.1) is 5.92 Å². The average Bonchev–Trinajstić information content (AvgIpc) is 2.95. The molecule has 1 aliphatic rings. The normalized spacial score (nSPS) is 17.8. The topological polar surface area (TPSA) is 42.4 Å². The van der Waals surface area contributed by atoms with E-state index in [1.165, 1.54) is 0 Å². The summed E-state index contributed by atoms with van der Waals surface area (Å²) in [6.07, 6.45) is 2.25. The van der Waals surface area contributed by atoms with Crippen molar-refractivity contribution in [2.75, 3.05) is 16.8 Å². The molecule has 0 saturated carbocycles. The molecule has 3 rings (SSSR count). The molecule has 5 heteroatoms. The Morgan fingerprint density at radius 3 is 2.77 bits per heavy atom. The minimum Gasteiger partial charge on any atom is -0.485 e. The molecule has 0 spiro atoms. The van der Waals surface area contributed by atoms with Gasteiger partial charge in [-0.25, -0.2) is 4.98 Å². The van der Waals surface area contributed by atoms with Gasteiger partial charge in [-0.1, -0.05) is 46.3 Å². The predicted molar refractivity (Wildman–Crippen MR) is 89.3 cm³/mol. The van der Waals surface area contributed by atoms with Gasteiger partial charge in [0.05, 0.1) is 0 Å². The van der Waals surface area contributed by atoms with Crippen LogP contribution >= 0.6 is 15.9 Å². The second kappa shape index (κ2) is 6.92. The first-order chi connectivity index (χ1) is 10.8. The molecule has 0 radical (unpaired) electrons. The molecule has 1 fully saturated rings. The lowest BCUT2D eigenvalue weighted by Crippen LogP contribution is -2.26. The Kier molecular flexibility index (Phi) is 4.73. The number of anilines is 1. The minimum atomic E-state index is 0.104. The molecule has 1 aliphatic heterocycles.